The van der Waals surface area contributed by atoms with Crippen LogP contribution in [0.15, 0.2) is 0 Å². The molecule has 0 saturated carbocycles. The number of aliphatic hydroxyl groups is 3. The molecule has 6 N–H and O–H groups in total. The number of rotatable bonds is 12. The Balaban J connectivity index is 3.95. The Hall–Kier alpha value is -0.240. The van der Waals surface area contributed by atoms with Crippen molar-refractivity contribution in [3.63, 3.8) is 0 Å². The zero-order chi connectivity index (χ0) is 13.0. The quantitative estimate of drug-likeness (QED) is 0.219. The summed E-state index contributed by atoms with van der Waals surface area (Å²) in [5.41, 5.74) is -0.0144. The highest BCUT2D eigenvalue weighted by Gasteiger charge is 2.22. The van der Waals surface area contributed by atoms with Crippen molar-refractivity contribution in [2.45, 2.75) is 6.92 Å². The molecular formula is C11H27N3O3. The van der Waals surface area contributed by atoms with Gasteiger partial charge in [0.15, 0.2) is 0 Å². The first-order valence-corrected chi connectivity index (χ1v) is 6.13. The average Bonchev–Trinajstić information content (AvgIpc) is 2.30. The van der Waals surface area contributed by atoms with Crippen molar-refractivity contribution in [3.8, 4) is 0 Å². The lowest BCUT2D eigenvalue weighted by Crippen LogP contribution is -2.48. The van der Waals surface area contributed by atoms with Crippen LogP contribution in [0.5, 0.6) is 0 Å². The normalized spacial score (nSPS) is 12.0. The molecule has 0 amide bonds. The smallest absolute Gasteiger partial charge is 0.0555 e. The molecule has 0 heterocycles. The second-order valence-electron chi connectivity index (χ2n) is 4.51. The molecular weight excluding hydrogens is 222 g/mol. The summed E-state index contributed by atoms with van der Waals surface area (Å²) in [6.07, 6.45) is 0. The maximum atomic E-state index is 8.73. The van der Waals surface area contributed by atoms with Gasteiger partial charge in [-0.15, -0.1) is 0 Å². The van der Waals surface area contributed by atoms with Crippen molar-refractivity contribution in [1.29, 1.82) is 0 Å². The Labute approximate surface area is 103 Å². The van der Waals surface area contributed by atoms with Crippen molar-refractivity contribution in [3.05, 3.63) is 0 Å². The third-order valence-electron chi connectivity index (χ3n) is 2.52. The topological polar surface area (TPSA) is 96.8 Å². The number of hydrogen-bond donors (Lipinski definition) is 6. The minimum absolute atomic E-state index is 0.0144. The van der Waals surface area contributed by atoms with E-state index < -0.39 is 0 Å². The van der Waals surface area contributed by atoms with Crippen molar-refractivity contribution >= 4 is 0 Å². The summed E-state index contributed by atoms with van der Waals surface area (Å²) in [6.45, 7) is 6.55. The molecule has 6 heteroatoms. The number of nitrogens with one attached hydrogen (secondary N) is 3. The maximum Gasteiger partial charge on any atom is 0.0555 e. The number of hydrogen-bond acceptors (Lipinski definition) is 6. The third kappa shape index (κ3) is 9.46. The second kappa shape index (κ2) is 10.9. The predicted molar refractivity (Wildman–Crippen MR) is 68.0 cm³/mol. The predicted octanol–water partition coefficient (Wildman–Crippen LogP) is -2.26. The van der Waals surface area contributed by atoms with Crippen LogP contribution in [-0.2, 0) is 0 Å². The largest absolute Gasteiger partial charge is 0.395 e. The molecule has 0 rings (SSSR count). The van der Waals surface area contributed by atoms with Gasteiger partial charge < -0.3 is 31.3 Å². The first-order valence-electron chi connectivity index (χ1n) is 6.13. The van der Waals surface area contributed by atoms with Gasteiger partial charge >= 0.3 is 0 Å². The van der Waals surface area contributed by atoms with Crippen LogP contribution in [0, 0.1) is 5.41 Å². The molecule has 0 aromatic heterocycles. The molecule has 0 spiro atoms. The molecule has 17 heavy (non-hydrogen) atoms. The van der Waals surface area contributed by atoms with Crippen molar-refractivity contribution in [2.24, 2.45) is 5.41 Å². The van der Waals surface area contributed by atoms with E-state index in [2.05, 4.69) is 22.9 Å². The molecule has 0 saturated heterocycles. The van der Waals surface area contributed by atoms with E-state index >= 15 is 0 Å². The summed E-state index contributed by atoms with van der Waals surface area (Å²) >= 11 is 0. The Bertz CT molecular complexity index is 144. The maximum absolute atomic E-state index is 8.73. The van der Waals surface area contributed by atoms with E-state index in [1.165, 1.54) is 0 Å². The third-order valence-corrected chi connectivity index (χ3v) is 2.52. The summed E-state index contributed by atoms with van der Waals surface area (Å²) in [5.74, 6) is 0. The lowest BCUT2D eigenvalue weighted by atomic mass is 9.90. The lowest BCUT2D eigenvalue weighted by molar-refractivity contribution is 0.228. The highest BCUT2D eigenvalue weighted by Crippen LogP contribution is 2.12. The Kier molecular flexibility index (Phi) is 10.7. The van der Waals surface area contributed by atoms with Crippen molar-refractivity contribution in [1.82, 2.24) is 16.0 Å². The van der Waals surface area contributed by atoms with Gasteiger partial charge in [-0.25, -0.2) is 0 Å². The van der Waals surface area contributed by atoms with Gasteiger partial charge in [-0.1, -0.05) is 6.92 Å². The van der Waals surface area contributed by atoms with E-state index in [0.717, 1.165) is 19.6 Å². The Morgan fingerprint density at radius 1 is 0.706 bits per heavy atom. The summed E-state index contributed by atoms with van der Waals surface area (Å²) in [4.78, 5) is 0. The van der Waals surface area contributed by atoms with Crippen molar-refractivity contribution < 1.29 is 15.3 Å². The fourth-order valence-electron chi connectivity index (χ4n) is 1.60. The van der Waals surface area contributed by atoms with E-state index in [0.29, 0.717) is 19.6 Å². The van der Waals surface area contributed by atoms with Crippen LogP contribution in [0.1, 0.15) is 6.92 Å². The lowest BCUT2D eigenvalue weighted by Gasteiger charge is -2.30. The molecule has 0 aliphatic rings. The molecule has 104 valence electrons. The summed E-state index contributed by atoms with van der Waals surface area (Å²) < 4.78 is 0. The van der Waals surface area contributed by atoms with Gasteiger partial charge in [0.25, 0.3) is 0 Å². The average molecular weight is 249 g/mol. The summed E-state index contributed by atoms with van der Waals surface area (Å²) in [6, 6.07) is 0. The SMILES string of the molecule is CC(CNCCO)(CNCCO)CNCCO. The van der Waals surface area contributed by atoms with E-state index in [4.69, 9.17) is 15.3 Å². The monoisotopic (exact) mass is 249 g/mol. The highest BCUT2D eigenvalue weighted by atomic mass is 16.3. The van der Waals surface area contributed by atoms with Crippen LogP contribution in [0.2, 0.25) is 0 Å². The fraction of sp³-hybridized carbons (Fsp3) is 1.00. The van der Waals surface area contributed by atoms with Crippen LogP contribution >= 0.6 is 0 Å². The molecule has 0 atom stereocenters. The first kappa shape index (κ1) is 16.8. The summed E-state index contributed by atoms with van der Waals surface area (Å²) in [5, 5.41) is 35.7. The number of aliphatic hydroxyl groups excluding tert-OH is 3. The summed E-state index contributed by atoms with van der Waals surface area (Å²) in [7, 11) is 0. The molecule has 0 bridgehead atoms. The van der Waals surface area contributed by atoms with Crippen LogP contribution in [0.4, 0.5) is 0 Å². The van der Waals surface area contributed by atoms with Gasteiger partial charge in [-0.05, 0) is 0 Å². The zero-order valence-electron chi connectivity index (χ0n) is 10.7. The van der Waals surface area contributed by atoms with Crippen LogP contribution in [0.25, 0.3) is 0 Å². The molecule has 0 aromatic carbocycles. The van der Waals surface area contributed by atoms with Gasteiger partial charge in [0.1, 0.15) is 0 Å². The van der Waals surface area contributed by atoms with Gasteiger partial charge in [-0.2, -0.15) is 0 Å². The van der Waals surface area contributed by atoms with E-state index in [1.807, 2.05) is 0 Å². The van der Waals surface area contributed by atoms with Crippen LogP contribution < -0.4 is 16.0 Å². The molecule has 0 aliphatic carbocycles. The Morgan fingerprint density at radius 2 is 1.00 bits per heavy atom. The molecule has 0 aromatic rings. The molecule has 0 radical (unpaired) electrons. The van der Waals surface area contributed by atoms with Crippen LogP contribution in [0.3, 0.4) is 0 Å². The minimum Gasteiger partial charge on any atom is -0.395 e. The zero-order valence-corrected chi connectivity index (χ0v) is 10.7. The molecule has 0 aliphatic heterocycles. The molecule has 6 nitrogen and oxygen atoms in total. The second-order valence-corrected chi connectivity index (χ2v) is 4.51. The minimum atomic E-state index is -0.0144. The molecule has 0 unspecified atom stereocenters. The Morgan fingerprint density at radius 3 is 1.24 bits per heavy atom. The van der Waals surface area contributed by atoms with Gasteiger partial charge in [0, 0.05) is 44.7 Å². The standard InChI is InChI=1S/C11H27N3O3/c1-11(8-12-2-5-15,9-13-3-6-16)10-14-4-7-17/h12-17H,2-10H2,1H3. The highest BCUT2D eigenvalue weighted by molar-refractivity contribution is 4.81. The van der Waals surface area contributed by atoms with Crippen LogP contribution in [-0.4, -0.2) is 74.4 Å². The van der Waals surface area contributed by atoms with E-state index in [1.54, 1.807) is 0 Å². The van der Waals surface area contributed by atoms with E-state index in [-0.39, 0.29) is 25.2 Å². The van der Waals surface area contributed by atoms with Gasteiger partial charge in [0.05, 0.1) is 19.8 Å². The first-order chi connectivity index (χ1) is 8.18. The van der Waals surface area contributed by atoms with Crippen molar-refractivity contribution in [2.75, 3.05) is 59.1 Å². The van der Waals surface area contributed by atoms with E-state index in [9.17, 15) is 0 Å². The fourth-order valence-corrected chi connectivity index (χ4v) is 1.60. The van der Waals surface area contributed by atoms with Gasteiger partial charge in [0.2, 0.25) is 0 Å². The molecule has 0 fully saturated rings. The van der Waals surface area contributed by atoms with Gasteiger partial charge in [-0.3, -0.25) is 0 Å².